The molecule has 0 saturated carbocycles. The molecule has 1 aromatic carbocycles. The van der Waals surface area contributed by atoms with Crippen molar-refractivity contribution >= 4 is 16.9 Å². The summed E-state index contributed by atoms with van der Waals surface area (Å²) >= 11 is 0. The number of fused-ring (bicyclic) bond motifs is 1. The first-order valence-corrected chi connectivity index (χ1v) is 4.92. The van der Waals surface area contributed by atoms with Gasteiger partial charge in [0.15, 0.2) is 5.58 Å². The quantitative estimate of drug-likeness (QED) is 0.571. The fourth-order valence-corrected chi connectivity index (χ4v) is 1.46. The van der Waals surface area contributed by atoms with Crippen LogP contribution < -0.4 is 5.63 Å². The second kappa shape index (κ2) is 4.18. The molecule has 1 heterocycles. The lowest BCUT2D eigenvalue weighted by Crippen LogP contribution is -2.06. The lowest BCUT2D eigenvalue weighted by atomic mass is 10.1. The number of carbonyl (C=O) groups is 1. The minimum absolute atomic E-state index is 0.272. The van der Waals surface area contributed by atoms with Crippen LogP contribution in [0.15, 0.2) is 39.5 Å². The Hall–Kier alpha value is -2.10. The minimum atomic E-state index is -0.484. The van der Waals surface area contributed by atoms with Crippen molar-refractivity contribution in [3.05, 3.63) is 46.3 Å². The molecule has 0 amide bonds. The van der Waals surface area contributed by atoms with Crippen molar-refractivity contribution in [3.8, 4) is 0 Å². The Morgan fingerprint density at radius 2 is 2.12 bits per heavy atom. The number of rotatable bonds is 2. The van der Waals surface area contributed by atoms with Gasteiger partial charge in [-0.15, -0.1) is 0 Å². The van der Waals surface area contributed by atoms with E-state index >= 15 is 0 Å². The highest BCUT2D eigenvalue weighted by Crippen LogP contribution is 2.17. The lowest BCUT2D eigenvalue weighted by Gasteiger charge is -2.03. The van der Waals surface area contributed by atoms with Crippen LogP contribution >= 0.6 is 0 Å². The van der Waals surface area contributed by atoms with E-state index in [2.05, 4.69) is 0 Å². The fraction of sp³-hybridized carbons (Fsp3) is 0.167. The van der Waals surface area contributed by atoms with Gasteiger partial charge in [-0.05, 0) is 19.1 Å². The van der Waals surface area contributed by atoms with Crippen LogP contribution in [0.5, 0.6) is 0 Å². The second-order valence-corrected chi connectivity index (χ2v) is 3.20. The van der Waals surface area contributed by atoms with Crippen molar-refractivity contribution in [1.82, 2.24) is 0 Å². The molecular weight excluding hydrogens is 208 g/mol. The largest absolute Gasteiger partial charge is 0.462 e. The molecule has 82 valence electrons. The van der Waals surface area contributed by atoms with E-state index < -0.39 is 11.6 Å². The van der Waals surface area contributed by atoms with Crippen LogP contribution in [-0.2, 0) is 4.74 Å². The van der Waals surface area contributed by atoms with Crippen molar-refractivity contribution in [1.29, 1.82) is 0 Å². The molecule has 4 heteroatoms. The molecule has 1 aromatic heterocycles. The van der Waals surface area contributed by atoms with E-state index in [-0.39, 0.29) is 17.8 Å². The maximum atomic E-state index is 11.6. The number of esters is 1. The Balaban J connectivity index is 2.65. The summed E-state index contributed by atoms with van der Waals surface area (Å²) in [6.45, 7) is 2.01. The third-order valence-corrected chi connectivity index (χ3v) is 2.14. The Kier molecular flexibility index (Phi) is 2.72. The molecule has 2 rings (SSSR count). The van der Waals surface area contributed by atoms with Gasteiger partial charge >= 0.3 is 11.6 Å². The lowest BCUT2D eigenvalue weighted by molar-refractivity contribution is 0.0527. The van der Waals surface area contributed by atoms with E-state index in [1.54, 1.807) is 31.2 Å². The highest BCUT2D eigenvalue weighted by molar-refractivity contribution is 6.01. The van der Waals surface area contributed by atoms with E-state index in [0.29, 0.717) is 5.39 Å². The first-order valence-electron chi connectivity index (χ1n) is 4.92. The maximum absolute atomic E-state index is 11.6. The van der Waals surface area contributed by atoms with Gasteiger partial charge in [-0.2, -0.15) is 0 Å². The van der Waals surface area contributed by atoms with Gasteiger partial charge in [-0.3, -0.25) is 0 Å². The molecule has 0 radical (unpaired) electrons. The number of hydrogen-bond donors (Lipinski definition) is 0. The smallest absolute Gasteiger partial charge is 0.341 e. The predicted octanol–water partition coefficient (Wildman–Crippen LogP) is 1.97. The third kappa shape index (κ3) is 1.82. The summed E-state index contributed by atoms with van der Waals surface area (Å²) in [6, 6.07) is 7.99. The molecule has 0 saturated heterocycles. The molecule has 4 nitrogen and oxygen atoms in total. The zero-order chi connectivity index (χ0) is 11.5. The highest BCUT2D eigenvalue weighted by atomic mass is 16.5. The van der Waals surface area contributed by atoms with Crippen LogP contribution in [0.1, 0.15) is 17.3 Å². The summed E-state index contributed by atoms with van der Waals surface area (Å²) in [4.78, 5) is 22.7. The summed E-state index contributed by atoms with van der Waals surface area (Å²) in [5.41, 5.74) is 0.0646. The predicted molar refractivity (Wildman–Crippen MR) is 58.4 cm³/mol. The second-order valence-electron chi connectivity index (χ2n) is 3.20. The zero-order valence-corrected chi connectivity index (χ0v) is 8.73. The maximum Gasteiger partial charge on any atom is 0.341 e. The number of hydrogen-bond acceptors (Lipinski definition) is 4. The van der Waals surface area contributed by atoms with Crippen molar-refractivity contribution in [2.75, 3.05) is 6.61 Å². The highest BCUT2D eigenvalue weighted by Gasteiger charge is 2.12. The average molecular weight is 218 g/mol. The molecule has 0 aliphatic carbocycles. The molecule has 0 fully saturated rings. The minimum Gasteiger partial charge on any atom is -0.462 e. The molecule has 0 bridgehead atoms. The summed E-state index contributed by atoms with van der Waals surface area (Å²) in [7, 11) is 0. The number of benzene rings is 1. The van der Waals surface area contributed by atoms with Gasteiger partial charge in [-0.25, -0.2) is 9.59 Å². The Morgan fingerprint density at radius 3 is 2.88 bits per heavy atom. The molecule has 0 N–H and O–H groups in total. The Bertz CT molecular complexity index is 583. The number of ether oxygens (including phenoxy) is 1. The van der Waals surface area contributed by atoms with Crippen molar-refractivity contribution in [2.24, 2.45) is 0 Å². The first kappa shape index (κ1) is 10.4. The van der Waals surface area contributed by atoms with Gasteiger partial charge in [0.1, 0.15) is 5.56 Å². The average Bonchev–Trinajstić information content (AvgIpc) is 2.28. The molecule has 0 unspecified atom stereocenters. The molecule has 0 aliphatic heterocycles. The standard InChI is InChI=1S/C12H10O4/c1-2-15-12(14)9-5-3-4-8-6-7-10(13)16-11(8)9/h3-7H,2H2,1H3. The van der Waals surface area contributed by atoms with Gasteiger partial charge in [-0.1, -0.05) is 12.1 Å². The van der Waals surface area contributed by atoms with E-state index in [1.807, 2.05) is 0 Å². The van der Waals surface area contributed by atoms with E-state index in [4.69, 9.17) is 9.15 Å². The molecule has 16 heavy (non-hydrogen) atoms. The molecule has 2 aromatic rings. The van der Waals surface area contributed by atoms with E-state index in [0.717, 1.165) is 0 Å². The van der Waals surface area contributed by atoms with Crippen molar-refractivity contribution in [2.45, 2.75) is 6.92 Å². The Labute approximate surface area is 91.4 Å². The summed E-state index contributed by atoms with van der Waals surface area (Å²) in [5.74, 6) is -0.484. The first-order chi connectivity index (χ1) is 7.72. The molecular formula is C12H10O4. The van der Waals surface area contributed by atoms with Crippen LogP contribution in [0.3, 0.4) is 0 Å². The summed E-state index contributed by atoms with van der Waals surface area (Å²) in [5, 5.41) is 0.699. The SMILES string of the molecule is CCOC(=O)c1cccc2ccc(=O)oc12. The Morgan fingerprint density at radius 1 is 1.31 bits per heavy atom. The van der Waals surface area contributed by atoms with Gasteiger partial charge in [0.05, 0.1) is 6.61 Å². The third-order valence-electron chi connectivity index (χ3n) is 2.14. The van der Waals surface area contributed by atoms with Gasteiger partial charge < -0.3 is 9.15 Å². The number of carbonyl (C=O) groups excluding carboxylic acids is 1. The van der Waals surface area contributed by atoms with E-state index in [1.165, 1.54) is 6.07 Å². The van der Waals surface area contributed by atoms with Crippen LogP contribution in [0, 0.1) is 0 Å². The molecule has 0 aliphatic rings. The van der Waals surface area contributed by atoms with Crippen LogP contribution in [-0.4, -0.2) is 12.6 Å². The summed E-state index contributed by atoms with van der Waals surface area (Å²) in [6.07, 6.45) is 0. The van der Waals surface area contributed by atoms with E-state index in [9.17, 15) is 9.59 Å². The van der Waals surface area contributed by atoms with Crippen LogP contribution in [0.4, 0.5) is 0 Å². The van der Waals surface area contributed by atoms with Crippen LogP contribution in [0.25, 0.3) is 11.0 Å². The van der Waals surface area contributed by atoms with Gasteiger partial charge in [0, 0.05) is 11.5 Å². The van der Waals surface area contributed by atoms with Gasteiger partial charge in [0.25, 0.3) is 0 Å². The van der Waals surface area contributed by atoms with Crippen molar-refractivity contribution in [3.63, 3.8) is 0 Å². The molecule has 0 spiro atoms. The number of para-hydroxylation sites is 1. The monoisotopic (exact) mass is 218 g/mol. The topological polar surface area (TPSA) is 56.5 Å². The fourth-order valence-electron chi connectivity index (χ4n) is 1.46. The van der Waals surface area contributed by atoms with Crippen molar-refractivity contribution < 1.29 is 13.9 Å². The van der Waals surface area contributed by atoms with Gasteiger partial charge in [0.2, 0.25) is 0 Å². The molecule has 0 atom stereocenters. The van der Waals surface area contributed by atoms with Crippen LogP contribution in [0.2, 0.25) is 0 Å². The summed E-state index contributed by atoms with van der Waals surface area (Å²) < 4.78 is 9.88. The zero-order valence-electron chi connectivity index (χ0n) is 8.73. The normalized spacial score (nSPS) is 10.3.